The van der Waals surface area contributed by atoms with E-state index < -0.39 is 23.6 Å². The summed E-state index contributed by atoms with van der Waals surface area (Å²) in [6.45, 7) is 5.36. The molecule has 0 radical (unpaired) electrons. The Bertz CT molecular complexity index is 1410. The summed E-state index contributed by atoms with van der Waals surface area (Å²) in [7, 11) is 0. The molecule has 2 heterocycles. The van der Waals surface area contributed by atoms with Crippen molar-refractivity contribution in [3.05, 3.63) is 88.2 Å². The van der Waals surface area contributed by atoms with Gasteiger partial charge in [0.25, 0.3) is 5.91 Å². The number of benzene rings is 2. The molecule has 0 unspecified atom stereocenters. The third-order valence-corrected chi connectivity index (χ3v) is 6.23. The Hall–Kier alpha value is -3.49. The lowest BCUT2D eigenvalue weighted by Crippen LogP contribution is -2.37. The Morgan fingerprint density at radius 2 is 1.92 bits per heavy atom. The zero-order valence-electron chi connectivity index (χ0n) is 20.8. The largest absolute Gasteiger partial charge is 0.489 e. The summed E-state index contributed by atoms with van der Waals surface area (Å²) in [4.78, 5) is 17.3. The molecule has 37 heavy (non-hydrogen) atoms. The number of nitrogens with one attached hydrogen (secondary N) is 1. The van der Waals surface area contributed by atoms with Crippen LogP contribution in [-0.2, 0) is 6.42 Å². The zero-order valence-corrected chi connectivity index (χ0v) is 21.5. The van der Waals surface area contributed by atoms with Crippen LogP contribution < -0.4 is 10.1 Å². The first-order valence-corrected chi connectivity index (χ1v) is 12.3. The number of carbonyl (C=O) groups is 1. The van der Waals surface area contributed by atoms with Crippen molar-refractivity contribution in [2.24, 2.45) is 0 Å². The molecule has 2 aromatic carbocycles. The molecule has 194 valence electrons. The van der Waals surface area contributed by atoms with Gasteiger partial charge in [0, 0.05) is 41.7 Å². The minimum atomic E-state index is -0.751. The van der Waals surface area contributed by atoms with Crippen LogP contribution in [0, 0.1) is 18.6 Å². The normalized spacial score (nSPS) is 12.2. The Morgan fingerprint density at radius 3 is 2.54 bits per heavy atom. The second-order valence-electron chi connectivity index (χ2n) is 9.17. The SMILES string of the molecule is Cc1cccn2cc(-c3cc(F)c(C[C@@H](CCO)NC(=O)c4ccc(OC(C)C)c(Cl)c4)c(F)c3)nc12. The monoisotopic (exact) mass is 527 g/mol. The molecule has 4 aromatic rings. The van der Waals surface area contributed by atoms with Gasteiger partial charge in [-0.3, -0.25) is 4.79 Å². The number of aliphatic hydroxyl groups excluding tert-OH is 1. The zero-order chi connectivity index (χ0) is 26.7. The van der Waals surface area contributed by atoms with Gasteiger partial charge in [-0.2, -0.15) is 0 Å². The molecule has 0 aliphatic carbocycles. The van der Waals surface area contributed by atoms with Crippen LogP contribution in [0.25, 0.3) is 16.9 Å². The molecule has 0 bridgehead atoms. The number of rotatable bonds is 9. The molecule has 4 rings (SSSR count). The molecule has 2 aromatic heterocycles. The van der Waals surface area contributed by atoms with E-state index in [1.807, 2.05) is 39.1 Å². The van der Waals surface area contributed by atoms with Gasteiger partial charge in [-0.1, -0.05) is 17.7 Å². The highest BCUT2D eigenvalue weighted by Crippen LogP contribution is 2.28. The van der Waals surface area contributed by atoms with Crippen LogP contribution in [0.5, 0.6) is 5.75 Å². The smallest absolute Gasteiger partial charge is 0.251 e. The van der Waals surface area contributed by atoms with Crippen LogP contribution in [0.15, 0.2) is 54.9 Å². The Kier molecular flexibility index (Phi) is 8.10. The first-order chi connectivity index (χ1) is 17.7. The molecule has 0 saturated carbocycles. The lowest BCUT2D eigenvalue weighted by Gasteiger charge is -2.19. The number of hydrogen-bond donors (Lipinski definition) is 2. The molecular weight excluding hydrogens is 500 g/mol. The van der Waals surface area contributed by atoms with Crippen molar-refractivity contribution >= 4 is 23.2 Å². The maximum Gasteiger partial charge on any atom is 0.251 e. The standard InChI is InChI=1S/C28H28ClF2N3O3/c1-16(2)37-26-7-6-18(11-22(26)29)28(36)32-20(8-10-35)14-21-23(30)12-19(13-24(21)31)25-15-34-9-4-5-17(3)27(34)33-25/h4-7,9,11-13,15-16,20,35H,8,10,14H2,1-3H3,(H,32,36)/t20-/m1/s1. The van der Waals surface area contributed by atoms with E-state index in [-0.39, 0.29) is 41.7 Å². The molecule has 0 fully saturated rings. The number of pyridine rings is 1. The Morgan fingerprint density at radius 1 is 1.19 bits per heavy atom. The lowest BCUT2D eigenvalue weighted by molar-refractivity contribution is 0.0929. The van der Waals surface area contributed by atoms with Gasteiger partial charge in [0.15, 0.2) is 0 Å². The summed E-state index contributed by atoms with van der Waals surface area (Å²) < 4.78 is 37.6. The van der Waals surface area contributed by atoms with E-state index in [1.165, 1.54) is 18.2 Å². The van der Waals surface area contributed by atoms with Gasteiger partial charge in [0.05, 0.1) is 16.8 Å². The summed E-state index contributed by atoms with van der Waals surface area (Å²) >= 11 is 6.24. The number of carbonyl (C=O) groups excluding carboxylic acids is 1. The second kappa shape index (κ2) is 11.3. The fourth-order valence-corrected chi connectivity index (χ4v) is 4.35. The number of imidazole rings is 1. The van der Waals surface area contributed by atoms with E-state index in [0.29, 0.717) is 22.7 Å². The number of aryl methyl sites for hydroxylation is 1. The average molecular weight is 528 g/mol. The van der Waals surface area contributed by atoms with Gasteiger partial charge in [0.1, 0.15) is 23.0 Å². The van der Waals surface area contributed by atoms with Crippen molar-refractivity contribution in [3.8, 4) is 17.0 Å². The highest BCUT2D eigenvalue weighted by molar-refractivity contribution is 6.32. The van der Waals surface area contributed by atoms with Crippen molar-refractivity contribution in [1.29, 1.82) is 0 Å². The molecule has 2 N–H and O–H groups in total. The minimum absolute atomic E-state index is 0.0842. The van der Waals surface area contributed by atoms with Crippen molar-refractivity contribution in [2.45, 2.75) is 45.8 Å². The molecular formula is C28H28ClF2N3O3. The highest BCUT2D eigenvalue weighted by Gasteiger charge is 2.21. The third-order valence-electron chi connectivity index (χ3n) is 5.93. The summed E-state index contributed by atoms with van der Waals surface area (Å²) in [6.07, 6.45) is 3.42. The summed E-state index contributed by atoms with van der Waals surface area (Å²) in [5, 5.41) is 12.5. The molecule has 1 amide bonds. The lowest BCUT2D eigenvalue weighted by atomic mass is 9.99. The third kappa shape index (κ3) is 6.09. The van der Waals surface area contributed by atoms with Gasteiger partial charge >= 0.3 is 0 Å². The number of halogens is 3. The molecule has 9 heteroatoms. The number of ether oxygens (including phenoxy) is 1. The molecule has 0 saturated heterocycles. The van der Waals surface area contributed by atoms with Crippen LogP contribution in [0.2, 0.25) is 5.02 Å². The number of aliphatic hydroxyl groups is 1. The number of aromatic nitrogens is 2. The minimum Gasteiger partial charge on any atom is -0.489 e. The van der Waals surface area contributed by atoms with Crippen LogP contribution in [0.3, 0.4) is 0 Å². The first-order valence-electron chi connectivity index (χ1n) is 12.0. The van der Waals surface area contributed by atoms with Crippen LogP contribution >= 0.6 is 11.6 Å². The number of nitrogens with zero attached hydrogens (tertiary/aromatic N) is 2. The van der Waals surface area contributed by atoms with Gasteiger partial charge < -0.3 is 19.6 Å². The fraction of sp³-hybridized carbons (Fsp3) is 0.286. The first kappa shape index (κ1) is 26.6. The van der Waals surface area contributed by atoms with E-state index in [2.05, 4.69) is 10.3 Å². The molecule has 0 aliphatic heterocycles. The van der Waals surface area contributed by atoms with E-state index in [9.17, 15) is 9.90 Å². The predicted molar refractivity (Wildman–Crippen MR) is 139 cm³/mol. The van der Waals surface area contributed by atoms with Gasteiger partial charge in [-0.25, -0.2) is 13.8 Å². The molecule has 6 nitrogen and oxygen atoms in total. The van der Waals surface area contributed by atoms with E-state index in [1.54, 1.807) is 22.7 Å². The fourth-order valence-electron chi connectivity index (χ4n) is 4.13. The number of hydrogen-bond acceptors (Lipinski definition) is 4. The van der Waals surface area contributed by atoms with Crippen molar-refractivity contribution in [3.63, 3.8) is 0 Å². The average Bonchev–Trinajstić information content (AvgIpc) is 3.28. The van der Waals surface area contributed by atoms with Gasteiger partial charge in [0.2, 0.25) is 0 Å². The van der Waals surface area contributed by atoms with Gasteiger partial charge in [-0.05, 0) is 75.6 Å². The van der Waals surface area contributed by atoms with Crippen molar-refractivity contribution in [1.82, 2.24) is 14.7 Å². The summed E-state index contributed by atoms with van der Waals surface area (Å²) in [6, 6.07) is 10.2. The Balaban J connectivity index is 1.53. The highest BCUT2D eigenvalue weighted by atomic mass is 35.5. The van der Waals surface area contributed by atoms with Crippen molar-refractivity contribution in [2.75, 3.05) is 6.61 Å². The van der Waals surface area contributed by atoms with Crippen molar-refractivity contribution < 1.29 is 23.4 Å². The van der Waals surface area contributed by atoms with E-state index in [0.717, 1.165) is 5.56 Å². The predicted octanol–water partition coefficient (Wildman–Crippen LogP) is 5.75. The number of fused-ring (bicyclic) bond motifs is 1. The van der Waals surface area contributed by atoms with Crippen LogP contribution in [0.1, 0.15) is 41.8 Å². The van der Waals surface area contributed by atoms with E-state index >= 15 is 8.78 Å². The second-order valence-corrected chi connectivity index (χ2v) is 9.57. The maximum atomic E-state index is 15.1. The molecule has 0 spiro atoms. The summed E-state index contributed by atoms with van der Waals surface area (Å²) in [5.74, 6) is -1.53. The Labute approximate surface area is 218 Å². The van der Waals surface area contributed by atoms with Gasteiger partial charge in [-0.15, -0.1) is 0 Å². The maximum absolute atomic E-state index is 15.1. The van der Waals surface area contributed by atoms with E-state index in [4.69, 9.17) is 16.3 Å². The molecule has 0 aliphatic rings. The van der Waals surface area contributed by atoms with Crippen LogP contribution in [-0.4, -0.2) is 39.2 Å². The summed E-state index contributed by atoms with van der Waals surface area (Å²) in [5.41, 5.74) is 2.49. The quantitative estimate of drug-likeness (QED) is 0.290. The topological polar surface area (TPSA) is 75.9 Å². The molecule has 1 atom stereocenters. The number of amides is 1. The van der Waals surface area contributed by atoms with Crippen LogP contribution in [0.4, 0.5) is 8.78 Å².